The van der Waals surface area contributed by atoms with Crippen LogP contribution in [0.1, 0.15) is 34.6 Å². The molecular weight excluding hydrogens is 179 g/mol. The molecule has 0 aromatic rings. The molecule has 1 unspecified atom stereocenters. The number of halogens is 3. The van der Waals surface area contributed by atoms with Crippen molar-refractivity contribution in [2.75, 3.05) is 0 Å². The fraction of sp³-hybridized carbons (Fsp3) is 1.00. The SMILES string of the molecule is CC(C)C(NC(C)(C)C)C(F)(F)F. The molecule has 1 nitrogen and oxygen atoms in total. The van der Waals surface area contributed by atoms with Gasteiger partial charge in [-0.1, -0.05) is 13.8 Å². The first-order chi connectivity index (χ1) is 5.54. The number of rotatable bonds is 2. The molecule has 4 heteroatoms. The van der Waals surface area contributed by atoms with Crippen molar-refractivity contribution >= 4 is 0 Å². The maximum atomic E-state index is 12.4. The summed E-state index contributed by atoms with van der Waals surface area (Å²) in [6, 6.07) is -1.42. The molecule has 0 saturated heterocycles. The molecule has 0 rings (SSSR count). The molecule has 0 spiro atoms. The summed E-state index contributed by atoms with van der Waals surface area (Å²) in [5.74, 6) is -0.445. The monoisotopic (exact) mass is 197 g/mol. The van der Waals surface area contributed by atoms with Crippen LogP contribution < -0.4 is 5.32 Å². The molecule has 0 saturated carbocycles. The van der Waals surface area contributed by atoms with Gasteiger partial charge in [0.05, 0.1) is 0 Å². The van der Waals surface area contributed by atoms with Crippen molar-refractivity contribution in [2.24, 2.45) is 5.92 Å². The lowest BCUT2D eigenvalue weighted by molar-refractivity contribution is -0.169. The van der Waals surface area contributed by atoms with Crippen molar-refractivity contribution in [3.8, 4) is 0 Å². The lowest BCUT2D eigenvalue weighted by atomic mass is 9.99. The van der Waals surface area contributed by atoms with Gasteiger partial charge in [0.25, 0.3) is 0 Å². The number of alkyl halides is 3. The summed E-state index contributed by atoms with van der Waals surface area (Å²) >= 11 is 0. The third kappa shape index (κ3) is 5.13. The molecule has 0 amide bonds. The van der Waals surface area contributed by atoms with E-state index in [4.69, 9.17) is 0 Å². The Hall–Kier alpha value is -0.250. The minimum Gasteiger partial charge on any atom is -0.301 e. The molecule has 1 N–H and O–H groups in total. The van der Waals surface area contributed by atoms with Gasteiger partial charge in [0.2, 0.25) is 0 Å². The zero-order valence-corrected chi connectivity index (χ0v) is 8.79. The van der Waals surface area contributed by atoms with Gasteiger partial charge in [-0.2, -0.15) is 13.2 Å². The summed E-state index contributed by atoms with van der Waals surface area (Å²) in [4.78, 5) is 0. The predicted molar refractivity (Wildman–Crippen MR) is 47.6 cm³/mol. The molecule has 0 heterocycles. The van der Waals surface area contributed by atoms with Gasteiger partial charge in [-0.3, -0.25) is 0 Å². The minimum atomic E-state index is -4.17. The highest BCUT2D eigenvalue weighted by atomic mass is 19.4. The fourth-order valence-electron chi connectivity index (χ4n) is 1.09. The average Bonchev–Trinajstić information content (AvgIpc) is 1.77. The largest absolute Gasteiger partial charge is 0.404 e. The molecule has 0 aromatic heterocycles. The minimum absolute atomic E-state index is 0.445. The Balaban J connectivity index is 4.47. The Morgan fingerprint density at radius 1 is 1.00 bits per heavy atom. The van der Waals surface area contributed by atoms with E-state index in [2.05, 4.69) is 5.32 Å². The van der Waals surface area contributed by atoms with Crippen LogP contribution in [0, 0.1) is 5.92 Å². The Kier molecular flexibility index (Phi) is 3.79. The van der Waals surface area contributed by atoms with Crippen molar-refractivity contribution in [1.82, 2.24) is 5.32 Å². The molecule has 0 fully saturated rings. The van der Waals surface area contributed by atoms with Crippen LogP contribution in [0.2, 0.25) is 0 Å². The number of hydrogen-bond acceptors (Lipinski definition) is 1. The number of hydrogen-bond donors (Lipinski definition) is 1. The van der Waals surface area contributed by atoms with Gasteiger partial charge in [0.15, 0.2) is 0 Å². The second-order valence-electron chi connectivity index (χ2n) is 4.66. The highest BCUT2D eigenvalue weighted by Crippen LogP contribution is 2.27. The summed E-state index contributed by atoms with van der Waals surface area (Å²) in [6.45, 7) is 8.32. The maximum Gasteiger partial charge on any atom is 0.404 e. The molecule has 0 aliphatic rings. The number of nitrogens with one attached hydrogen (secondary N) is 1. The van der Waals surface area contributed by atoms with E-state index in [0.717, 1.165) is 0 Å². The van der Waals surface area contributed by atoms with Crippen molar-refractivity contribution in [2.45, 2.75) is 52.4 Å². The van der Waals surface area contributed by atoms with Crippen LogP contribution in [0.4, 0.5) is 13.2 Å². The van der Waals surface area contributed by atoms with Gasteiger partial charge >= 0.3 is 6.18 Å². The Morgan fingerprint density at radius 3 is 1.46 bits per heavy atom. The quantitative estimate of drug-likeness (QED) is 0.717. The second kappa shape index (κ2) is 3.86. The Bertz CT molecular complexity index is 155. The fourth-order valence-corrected chi connectivity index (χ4v) is 1.09. The average molecular weight is 197 g/mol. The normalized spacial score (nSPS) is 16.4. The van der Waals surface area contributed by atoms with E-state index in [9.17, 15) is 13.2 Å². The standard InChI is InChI=1S/C9H18F3N/c1-6(2)7(9(10,11)12)13-8(3,4)5/h6-7,13H,1-5H3. The van der Waals surface area contributed by atoms with Crippen LogP contribution in [0.15, 0.2) is 0 Å². The van der Waals surface area contributed by atoms with Crippen molar-refractivity contribution in [3.05, 3.63) is 0 Å². The highest BCUT2D eigenvalue weighted by molar-refractivity contribution is 4.84. The molecule has 13 heavy (non-hydrogen) atoms. The first-order valence-electron chi connectivity index (χ1n) is 4.38. The van der Waals surface area contributed by atoms with Gasteiger partial charge in [0, 0.05) is 5.54 Å². The van der Waals surface area contributed by atoms with E-state index < -0.39 is 23.7 Å². The first-order valence-corrected chi connectivity index (χ1v) is 4.38. The second-order valence-corrected chi connectivity index (χ2v) is 4.66. The van der Waals surface area contributed by atoms with Crippen LogP contribution in [0.25, 0.3) is 0 Å². The summed E-state index contributed by atoms with van der Waals surface area (Å²) in [5.41, 5.74) is -0.509. The smallest absolute Gasteiger partial charge is 0.301 e. The lowest BCUT2D eigenvalue weighted by Crippen LogP contribution is -2.53. The zero-order chi connectivity index (χ0) is 10.9. The lowest BCUT2D eigenvalue weighted by Gasteiger charge is -2.32. The molecule has 80 valence electrons. The van der Waals surface area contributed by atoms with Crippen LogP contribution in [0.5, 0.6) is 0 Å². The van der Waals surface area contributed by atoms with Crippen LogP contribution in [-0.2, 0) is 0 Å². The van der Waals surface area contributed by atoms with Gasteiger partial charge in [0.1, 0.15) is 6.04 Å². The van der Waals surface area contributed by atoms with E-state index in [1.54, 1.807) is 34.6 Å². The Morgan fingerprint density at radius 2 is 1.38 bits per heavy atom. The topological polar surface area (TPSA) is 12.0 Å². The molecule has 0 aromatic carbocycles. The van der Waals surface area contributed by atoms with Gasteiger partial charge in [-0.05, 0) is 26.7 Å². The molecular formula is C9H18F3N. The van der Waals surface area contributed by atoms with Crippen molar-refractivity contribution < 1.29 is 13.2 Å². The summed E-state index contributed by atoms with van der Waals surface area (Å²) in [7, 11) is 0. The summed E-state index contributed by atoms with van der Waals surface area (Å²) < 4.78 is 37.3. The van der Waals surface area contributed by atoms with Crippen molar-refractivity contribution in [3.63, 3.8) is 0 Å². The molecule has 0 aliphatic carbocycles. The van der Waals surface area contributed by atoms with Gasteiger partial charge in [-0.25, -0.2) is 0 Å². The maximum absolute atomic E-state index is 12.4. The first kappa shape index (κ1) is 12.8. The van der Waals surface area contributed by atoms with E-state index in [0.29, 0.717) is 0 Å². The summed E-state index contributed by atoms with van der Waals surface area (Å²) in [6.07, 6.45) is -4.17. The molecule has 1 atom stereocenters. The molecule has 0 bridgehead atoms. The zero-order valence-electron chi connectivity index (χ0n) is 8.79. The molecule has 0 radical (unpaired) electrons. The van der Waals surface area contributed by atoms with Crippen LogP contribution in [0.3, 0.4) is 0 Å². The summed E-state index contributed by atoms with van der Waals surface area (Å²) in [5, 5.41) is 2.57. The highest BCUT2D eigenvalue weighted by Gasteiger charge is 2.42. The predicted octanol–water partition coefficient (Wildman–Crippen LogP) is 2.96. The van der Waals surface area contributed by atoms with Crippen molar-refractivity contribution in [1.29, 1.82) is 0 Å². The Labute approximate surface area is 77.7 Å². The van der Waals surface area contributed by atoms with E-state index in [1.165, 1.54) is 0 Å². The van der Waals surface area contributed by atoms with E-state index >= 15 is 0 Å². The third-order valence-corrected chi connectivity index (χ3v) is 1.61. The van der Waals surface area contributed by atoms with Gasteiger partial charge in [-0.15, -0.1) is 0 Å². The van der Waals surface area contributed by atoms with Gasteiger partial charge < -0.3 is 5.32 Å². The van der Waals surface area contributed by atoms with Crippen LogP contribution in [-0.4, -0.2) is 17.8 Å². The van der Waals surface area contributed by atoms with Crippen LogP contribution >= 0.6 is 0 Å². The third-order valence-electron chi connectivity index (χ3n) is 1.61. The molecule has 0 aliphatic heterocycles. The van der Waals surface area contributed by atoms with E-state index in [-0.39, 0.29) is 0 Å². The van der Waals surface area contributed by atoms with E-state index in [1.807, 2.05) is 0 Å².